The molecule has 0 aliphatic heterocycles. The van der Waals surface area contributed by atoms with Gasteiger partial charge in [-0.15, -0.1) is 5.10 Å². The fraction of sp³-hybridized carbons (Fsp3) is 0.533. The van der Waals surface area contributed by atoms with Crippen molar-refractivity contribution in [3.05, 3.63) is 23.8 Å². The highest BCUT2D eigenvalue weighted by Crippen LogP contribution is 2.30. The van der Waals surface area contributed by atoms with Crippen molar-refractivity contribution >= 4 is 16.9 Å². The Labute approximate surface area is 118 Å². The molecule has 1 saturated carbocycles. The lowest BCUT2D eigenvalue weighted by atomic mass is 10.1. The van der Waals surface area contributed by atoms with Gasteiger partial charge in [0.05, 0.1) is 5.52 Å². The van der Waals surface area contributed by atoms with E-state index in [0.29, 0.717) is 11.6 Å². The minimum Gasteiger partial charge on any atom is -0.333 e. The number of hydrogen-bond donors (Lipinski definition) is 0. The number of rotatable bonds is 4. The lowest BCUT2D eigenvalue weighted by Crippen LogP contribution is -2.38. The Morgan fingerprint density at radius 1 is 1.45 bits per heavy atom. The Morgan fingerprint density at radius 3 is 2.80 bits per heavy atom. The van der Waals surface area contributed by atoms with Gasteiger partial charge in [0.1, 0.15) is 5.52 Å². The van der Waals surface area contributed by atoms with E-state index in [1.807, 2.05) is 34.7 Å². The highest BCUT2D eigenvalue weighted by Gasteiger charge is 2.34. The first-order chi connectivity index (χ1) is 9.61. The molecule has 1 fully saturated rings. The molecule has 1 heterocycles. The van der Waals surface area contributed by atoms with Gasteiger partial charge in [0.25, 0.3) is 5.91 Å². The number of fused-ring (bicyclic) bond motifs is 1. The van der Waals surface area contributed by atoms with Gasteiger partial charge in [-0.2, -0.15) is 0 Å². The van der Waals surface area contributed by atoms with Crippen molar-refractivity contribution in [2.75, 3.05) is 0 Å². The van der Waals surface area contributed by atoms with Crippen LogP contribution in [-0.2, 0) is 6.54 Å². The van der Waals surface area contributed by atoms with Crippen LogP contribution in [-0.4, -0.2) is 37.9 Å². The van der Waals surface area contributed by atoms with Gasteiger partial charge < -0.3 is 4.90 Å². The van der Waals surface area contributed by atoms with E-state index in [2.05, 4.69) is 24.2 Å². The van der Waals surface area contributed by atoms with Crippen molar-refractivity contribution in [3.63, 3.8) is 0 Å². The van der Waals surface area contributed by atoms with Gasteiger partial charge in [-0.3, -0.25) is 4.79 Å². The molecule has 0 bridgehead atoms. The monoisotopic (exact) mass is 272 g/mol. The van der Waals surface area contributed by atoms with Gasteiger partial charge in [-0.1, -0.05) is 5.21 Å². The first-order valence-electron chi connectivity index (χ1n) is 7.27. The van der Waals surface area contributed by atoms with E-state index in [-0.39, 0.29) is 11.9 Å². The first-order valence-corrected chi connectivity index (χ1v) is 7.27. The maximum absolute atomic E-state index is 12.7. The number of aryl methyl sites for hydroxylation is 1. The largest absolute Gasteiger partial charge is 0.333 e. The second-order valence-electron chi connectivity index (χ2n) is 5.65. The Morgan fingerprint density at radius 2 is 2.20 bits per heavy atom. The summed E-state index contributed by atoms with van der Waals surface area (Å²) in [5, 5.41) is 8.22. The molecule has 5 nitrogen and oxygen atoms in total. The molecule has 0 saturated heterocycles. The number of benzene rings is 1. The van der Waals surface area contributed by atoms with Gasteiger partial charge in [-0.05, 0) is 51.8 Å². The van der Waals surface area contributed by atoms with Crippen molar-refractivity contribution in [1.82, 2.24) is 19.9 Å². The SMILES string of the molecule is CCn1nnc2cc(C(=O)N(C(C)C)C3CC3)ccc21. The van der Waals surface area contributed by atoms with E-state index in [0.717, 1.165) is 30.4 Å². The van der Waals surface area contributed by atoms with E-state index in [9.17, 15) is 4.79 Å². The van der Waals surface area contributed by atoms with Crippen LogP contribution in [0.2, 0.25) is 0 Å². The fourth-order valence-electron chi connectivity index (χ4n) is 2.66. The summed E-state index contributed by atoms with van der Waals surface area (Å²) in [7, 11) is 0. The molecule has 0 radical (unpaired) electrons. The fourth-order valence-corrected chi connectivity index (χ4v) is 2.66. The lowest BCUT2D eigenvalue weighted by molar-refractivity contribution is 0.0690. The third kappa shape index (κ3) is 2.17. The molecule has 5 heteroatoms. The zero-order valence-electron chi connectivity index (χ0n) is 12.2. The van der Waals surface area contributed by atoms with E-state index in [1.165, 1.54) is 0 Å². The summed E-state index contributed by atoms with van der Waals surface area (Å²) < 4.78 is 1.84. The molecule has 0 unspecified atom stereocenters. The van der Waals surface area contributed by atoms with Gasteiger partial charge in [0, 0.05) is 24.2 Å². The molecule has 1 aliphatic rings. The summed E-state index contributed by atoms with van der Waals surface area (Å²) >= 11 is 0. The number of amides is 1. The van der Waals surface area contributed by atoms with Crippen LogP contribution in [0.3, 0.4) is 0 Å². The Hall–Kier alpha value is -1.91. The van der Waals surface area contributed by atoms with E-state index in [1.54, 1.807) is 0 Å². The highest BCUT2D eigenvalue weighted by atomic mass is 16.2. The first kappa shape index (κ1) is 13.1. The molecule has 1 aliphatic carbocycles. The second kappa shape index (κ2) is 4.89. The molecule has 1 amide bonds. The van der Waals surface area contributed by atoms with Gasteiger partial charge in [0.15, 0.2) is 0 Å². The molecule has 2 aromatic rings. The molecule has 20 heavy (non-hydrogen) atoms. The summed E-state index contributed by atoms with van der Waals surface area (Å²) in [6.45, 7) is 6.95. The zero-order valence-corrected chi connectivity index (χ0v) is 12.2. The van der Waals surface area contributed by atoms with Crippen LogP contribution in [0.15, 0.2) is 18.2 Å². The summed E-state index contributed by atoms with van der Waals surface area (Å²) in [4.78, 5) is 14.7. The molecule has 0 atom stereocenters. The van der Waals surface area contributed by atoms with Crippen LogP contribution in [0.1, 0.15) is 44.0 Å². The number of carbonyl (C=O) groups excluding carboxylic acids is 1. The molecule has 0 spiro atoms. The minimum absolute atomic E-state index is 0.107. The Bertz CT molecular complexity index is 640. The molecular weight excluding hydrogens is 252 g/mol. The maximum atomic E-state index is 12.7. The number of carbonyl (C=O) groups is 1. The number of aromatic nitrogens is 3. The third-order valence-electron chi connectivity index (χ3n) is 3.79. The molecule has 1 aromatic carbocycles. The van der Waals surface area contributed by atoms with Crippen molar-refractivity contribution in [3.8, 4) is 0 Å². The molecule has 3 rings (SSSR count). The van der Waals surface area contributed by atoms with Crippen LogP contribution in [0.25, 0.3) is 11.0 Å². The summed E-state index contributed by atoms with van der Waals surface area (Å²) in [6, 6.07) is 6.34. The van der Waals surface area contributed by atoms with E-state index >= 15 is 0 Å². The molecule has 0 N–H and O–H groups in total. The quantitative estimate of drug-likeness (QED) is 0.859. The predicted molar refractivity (Wildman–Crippen MR) is 77.5 cm³/mol. The maximum Gasteiger partial charge on any atom is 0.254 e. The molecular formula is C15H20N4O. The smallest absolute Gasteiger partial charge is 0.254 e. The van der Waals surface area contributed by atoms with Gasteiger partial charge in [-0.25, -0.2) is 4.68 Å². The second-order valence-corrected chi connectivity index (χ2v) is 5.65. The average molecular weight is 272 g/mol. The Kier molecular flexibility index (Phi) is 3.20. The normalized spacial score (nSPS) is 15.0. The third-order valence-corrected chi connectivity index (χ3v) is 3.79. The summed E-state index contributed by atoms with van der Waals surface area (Å²) in [5.74, 6) is 0.107. The van der Waals surface area contributed by atoms with Gasteiger partial charge >= 0.3 is 0 Å². The number of hydrogen-bond acceptors (Lipinski definition) is 3. The van der Waals surface area contributed by atoms with Crippen LogP contribution in [0.5, 0.6) is 0 Å². The topological polar surface area (TPSA) is 51.0 Å². The van der Waals surface area contributed by atoms with Crippen LogP contribution in [0, 0.1) is 0 Å². The van der Waals surface area contributed by atoms with Crippen LogP contribution < -0.4 is 0 Å². The predicted octanol–water partition coefficient (Wildman–Crippen LogP) is 2.46. The van der Waals surface area contributed by atoms with Crippen molar-refractivity contribution in [1.29, 1.82) is 0 Å². The Balaban J connectivity index is 1.95. The van der Waals surface area contributed by atoms with Crippen molar-refractivity contribution in [2.45, 2.75) is 52.2 Å². The summed E-state index contributed by atoms with van der Waals surface area (Å²) in [5.41, 5.74) is 2.48. The zero-order chi connectivity index (χ0) is 14.3. The molecule has 1 aromatic heterocycles. The van der Waals surface area contributed by atoms with Gasteiger partial charge in [0.2, 0.25) is 0 Å². The standard InChI is InChI=1S/C15H20N4O/c1-4-18-14-8-5-11(9-13(14)16-17-18)15(20)19(10(2)3)12-6-7-12/h5,8-10,12H,4,6-7H2,1-3H3. The minimum atomic E-state index is 0.107. The molecule has 106 valence electrons. The average Bonchev–Trinajstić information content (AvgIpc) is 3.17. The van der Waals surface area contributed by atoms with Crippen molar-refractivity contribution in [2.24, 2.45) is 0 Å². The van der Waals surface area contributed by atoms with Crippen LogP contribution >= 0.6 is 0 Å². The van der Waals surface area contributed by atoms with E-state index < -0.39 is 0 Å². The summed E-state index contributed by atoms with van der Waals surface area (Å²) in [6.07, 6.45) is 2.25. The highest BCUT2D eigenvalue weighted by molar-refractivity contribution is 5.97. The van der Waals surface area contributed by atoms with Crippen LogP contribution in [0.4, 0.5) is 0 Å². The van der Waals surface area contributed by atoms with E-state index in [4.69, 9.17) is 0 Å². The van der Waals surface area contributed by atoms with Crippen molar-refractivity contribution < 1.29 is 4.79 Å². The lowest BCUT2D eigenvalue weighted by Gasteiger charge is -2.26. The number of nitrogens with zero attached hydrogens (tertiary/aromatic N) is 4.